The minimum Gasteiger partial charge on any atom is -0.399 e. The summed E-state index contributed by atoms with van der Waals surface area (Å²) in [5.74, 6) is 0.457. The second-order valence-corrected chi connectivity index (χ2v) is 8.69. The smallest absolute Gasteiger partial charge is 0.117 e. The van der Waals surface area contributed by atoms with Crippen LogP contribution in [0.15, 0.2) is 65.8 Å². The Morgan fingerprint density at radius 2 is 1.87 bits per heavy atom. The molecule has 0 aliphatic heterocycles. The number of anilines is 1. The van der Waals surface area contributed by atoms with Crippen LogP contribution in [0.25, 0.3) is 6.08 Å². The van der Waals surface area contributed by atoms with Crippen LogP contribution in [0.5, 0.6) is 0 Å². The molecule has 3 aromatic rings. The van der Waals surface area contributed by atoms with E-state index in [9.17, 15) is 0 Å². The zero-order chi connectivity index (χ0) is 21.4. The number of oxime groups is 1. The summed E-state index contributed by atoms with van der Waals surface area (Å²) in [6.45, 7) is 0. The Morgan fingerprint density at radius 1 is 1.10 bits per heavy atom. The second kappa shape index (κ2) is 7.73. The first-order valence-corrected chi connectivity index (χ1v) is 10.8. The number of aromatic amines is 1. The molecule has 1 atom stereocenters. The molecule has 2 aliphatic rings. The Hall–Kier alpha value is -3.34. The molecule has 2 aliphatic carbocycles. The Bertz CT molecular complexity index is 1140. The average molecular weight is 413 g/mol. The Morgan fingerprint density at radius 3 is 2.58 bits per heavy atom. The summed E-state index contributed by atoms with van der Waals surface area (Å²) in [5.41, 5.74) is 7.65. The van der Waals surface area contributed by atoms with E-state index >= 15 is 0 Å². The molecule has 1 N–H and O–H groups in total. The fourth-order valence-corrected chi connectivity index (χ4v) is 4.59. The number of hydrogen-bond donors (Lipinski definition) is 1. The van der Waals surface area contributed by atoms with E-state index in [1.54, 1.807) is 7.11 Å². The molecule has 5 rings (SSSR count). The Labute approximate surface area is 183 Å². The summed E-state index contributed by atoms with van der Waals surface area (Å²) < 4.78 is 0. The van der Waals surface area contributed by atoms with Crippen molar-refractivity contribution in [2.45, 2.75) is 24.7 Å². The van der Waals surface area contributed by atoms with Gasteiger partial charge in [-0.3, -0.25) is 5.10 Å². The summed E-state index contributed by atoms with van der Waals surface area (Å²) >= 11 is 0. The van der Waals surface area contributed by atoms with E-state index in [4.69, 9.17) is 4.84 Å². The van der Waals surface area contributed by atoms with Gasteiger partial charge in [-0.1, -0.05) is 59.8 Å². The normalized spacial score (nSPS) is 20.4. The quantitative estimate of drug-likeness (QED) is 0.468. The third kappa shape index (κ3) is 3.44. The molecule has 1 saturated carbocycles. The fraction of sp³-hybridized carbons (Fsp3) is 0.308. The van der Waals surface area contributed by atoms with Gasteiger partial charge in [0, 0.05) is 48.8 Å². The lowest BCUT2D eigenvalue weighted by molar-refractivity contribution is 0.212. The van der Waals surface area contributed by atoms with Gasteiger partial charge in [0.2, 0.25) is 0 Å². The predicted octanol–water partition coefficient (Wildman–Crippen LogP) is 4.79. The van der Waals surface area contributed by atoms with E-state index in [0.29, 0.717) is 5.92 Å². The first kappa shape index (κ1) is 19.6. The van der Waals surface area contributed by atoms with Gasteiger partial charge in [-0.05, 0) is 36.1 Å². The van der Waals surface area contributed by atoms with Crippen molar-refractivity contribution >= 4 is 17.5 Å². The number of nitrogens with zero attached hydrogens (tertiary/aromatic N) is 3. The largest absolute Gasteiger partial charge is 0.399 e. The first-order chi connectivity index (χ1) is 15.1. The van der Waals surface area contributed by atoms with Crippen LogP contribution in [0.3, 0.4) is 0 Å². The van der Waals surface area contributed by atoms with Gasteiger partial charge < -0.3 is 9.74 Å². The average Bonchev–Trinajstić information content (AvgIpc) is 3.57. The number of allylic oxidation sites excluding steroid dienone is 1. The third-order valence-electron chi connectivity index (χ3n) is 6.44. The summed E-state index contributed by atoms with van der Waals surface area (Å²) in [6.07, 6.45) is 7.69. The van der Waals surface area contributed by atoms with Gasteiger partial charge in [-0.2, -0.15) is 5.10 Å². The molecule has 0 saturated heterocycles. The van der Waals surface area contributed by atoms with E-state index in [1.165, 1.54) is 16.8 Å². The van der Waals surface area contributed by atoms with E-state index in [2.05, 4.69) is 101 Å². The maximum atomic E-state index is 5.14. The van der Waals surface area contributed by atoms with E-state index in [-0.39, 0.29) is 5.41 Å². The SMILES string of the molecule is CO/N=C(/c1n[nH]c2c1C=CC(c1ccccc1)(c1cccc(N(C)C)c1)C2)C1CC1. The molecule has 1 aromatic heterocycles. The van der Waals surface area contributed by atoms with Crippen LogP contribution in [0, 0.1) is 5.92 Å². The summed E-state index contributed by atoms with van der Waals surface area (Å²) in [7, 11) is 5.77. The number of fused-ring (bicyclic) bond motifs is 1. The third-order valence-corrected chi connectivity index (χ3v) is 6.44. The van der Waals surface area contributed by atoms with Crippen LogP contribution < -0.4 is 4.90 Å². The van der Waals surface area contributed by atoms with Gasteiger partial charge in [0.1, 0.15) is 18.5 Å². The minimum absolute atomic E-state index is 0.262. The van der Waals surface area contributed by atoms with Crippen LogP contribution in [-0.4, -0.2) is 37.1 Å². The lowest BCUT2D eigenvalue weighted by Gasteiger charge is -2.35. The number of H-pyrrole nitrogens is 1. The fourth-order valence-electron chi connectivity index (χ4n) is 4.59. The zero-order valence-electron chi connectivity index (χ0n) is 18.3. The molecule has 31 heavy (non-hydrogen) atoms. The van der Waals surface area contributed by atoms with Gasteiger partial charge in [0.15, 0.2) is 0 Å². The second-order valence-electron chi connectivity index (χ2n) is 8.69. The number of hydrogen-bond acceptors (Lipinski definition) is 4. The van der Waals surface area contributed by atoms with Gasteiger partial charge in [-0.25, -0.2) is 0 Å². The molecular formula is C26H28N4O. The summed E-state index contributed by atoms with van der Waals surface area (Å²) in [4.78, 5) is 7.29. The lowest BCUT2D eigenvalue weighted by Crippen LogP contribution is -2.31. The molecule has 158 valence electrons. The molecule has 1 heterocycles. The maximum absolute atomic E-state index is 5.14. The number of nitrogens with one attached hydrogen (secondary N) is 1. The first-order valence-electron chi connectivity index (χ1n) is 10.8. The highest BCUT2D eigenvalue weighted by molar-refractivity contribution is 6.04. The summed E-state index contributed by atoms with van der Waals surface area (Å²) in [6, 6.07) is 19.6. The summed E-state index contributed by atoms with van der Waals surface area (Å²) in [5, 5.41) is 12.3. The van der Waals surface area contributed by atoms with Crippen molar-refractivity contribution in [3.05, 3.63) is 88.8 Å². The van der Waals surface area contributed by atoms with Crippen molar-refractivity contribution in [1.29, 1.82) is 0 Å². The number of rotatable bonds is 6. The van der Waals surface area contributed by atoms with Gasteiger partial charge in [0.05, 0.1) is 0 Å². The van der Waals surface area contributed by atoms with E-state index in [1.807, 2.05) is 0 Å². The molecule has 5 heteroatoms. The Kier molecular flexibility index (Phi) is 4.89. The minimum atomic E-state index is -0.262. The zero-order valence-corrected chi connectivity index (χ0v) is 18.3. The van der Waals surface area contributed by atoms with Crippen LogP contribution in [0.1, 0.15) is 40.9 Å². The molecule has 2 aromatic carbocycles. The molecular weight excluding hydrogens is 384 g/mol. The highest BCUT2D eigenvalue weighted by Gasteiger charge is 2.39. The monoisotopic (exact) mass is 412 g/mol. The van der Waals surface area contributed by atoms with E-state index in [0.717, 1.165) is 41.9 Å². The van der Waals surface area contributed by atoms with Crippen molar-refractivity contribution in [3.63, 3.8) is 0 Å². The van der Waals surface area contributed by atoms with E-state index < -0.39 is 0 Å². The number of benzene rings is 2. The van der Waals surface area contributed by atoms with Crippen molar-refractivity contribution in [2.24, 2.45) is 11.1 Å². The van der Waals surface area contributed by atoms with Gasteiger partial charge in [0.25, 0.3) is 0 Å². The van der Waals surface area contributed by atoms with Crippen molar-refractivity contribution in [2.75, 3.05) is 26.1 Å². The molecule has 0 radical (unpaired) electrons. The van der Waals surface area contributed by atoms with Crippen LogP contribution in [0.2, 0.25) is 0 Å². The molecule has 0 spiro atoms. The Balaban J connectivity index is 1.63. The van der Waals surface area contributed by atoms with Crippen LogP contribution in [-0.2, 0) is 16.7 Å². The van der Waals surface area contributed by atoms with Crippen molar-refractivity contribution < 1.29 is 4.84 Å². The van der Waals surface area contributed by atoms with Gasteiger partial charge >= 0.3 is 0 Å². The molecule has 1 unspecified atom stereocenters. The standard InChI is InChI=1S/C26H28N4O/c1-30(2)21-11-7-10-20(16-21)26(19-8-5-4-6-9-19)15-14-22-23(17-26)27-28-25(22)24(29-31-3)18-12-13-18/h4-11,14-16,18H,12-13,17H2,1-3H3,(H,27,28)/b29-24+. The highest BCUT2D eigenvalue weighted by Crippen LogP contribution is 2.43. The van der Waals surface area contributed by atoms with Crippen LogP contribution >= 0.6 is 0 Å². The maximum Gasteiger partial charge on any atom is 0.117 e. The number of aromatic nitrogens is 2. The molecule has 5 nitrogen and oxygen atoms in total. The molecule has 0 bridgehead atoms. The van der Waals surface area contributed by atoms with Crippen molar-refractivity contribution in [1.82, 2.24) is 10.2 Å². The lowest BCUT2D eigenvalue weighted by atomic mass is 9.68. The highest BCUT2D eigenvalue weighted by atomic mass is 16.6. The van der Waals surface area contributed by atoms with Crippen molar-refractivity contribution in [3.8, 4) is 0 Å². The topological polar surface area (TPSA) is 53.5 Å². The molecule has 1 fully saturated rings. The molecule has 0 amide bonds. The van der Waals surface area contributed by atoms with Crippen LogP contribution in [0.4, 0.5) is 5.69 Å². The predicted molar refractivity (Wildman–Crippen MR) is 126 cm³/mol. The van der Waals surface area contributed by atoms with Gasteiger partial charge in [-0.15, -0.1) is 0 Å².